The molecule has 0 amide bonds. The monoisotopic (exact) mass is 405 g/mol. The predicted molar refractivity (Wildman–Crippen MR) is 120 cm³/mol. The highest BCUT2D eigenvalue weighted by Gasteiger charge is 2.25. The quantitative estimate of drug-likeness (QED) is 0.569. The first-order chi connectivity index (χ1) is 14.7. The molecule has 0 saturated carbocycles. The topological polar surface area (TPSA) is 58.3 Å². The molecule has 0 N–H and O–H groups in total. The van der Waals surface area contributed by atoms with Gasteiger partial charge in [0.15, 0.2) is 5.82 Å². The molecule has 1 aliphatic heterocycles. The van der Waals surface area contributed by atoms with Gasteiger partial charge in [0.1, 0.15) is 5.69 Å². The van der Waals surface area contributed by atoms with Gasteiger partial charge in [-0.2, -0.15) is 4.98 Å². The Bertz CT molecular complexity index is 943. The fourth-order valence-electron chi connectivity index (χ4n) is 4.23. The summed E-state index contributed by atoms with van der Waals surface area (Å²) in [6.45, 7) is 11.8. The summed E-state index contributed by atoms with van der Waals surface area (Å²) in [5.41, 5.74) is 4.85. The van der Waals surface area contributed by atoms with E-state index in [0.717, 1.165) is 57.1 Å². The summed E-state index contributed by atoms with van der Waals surface area (Å²) in [4.78, 5) is 13.8. The Morgan fingerprint density at radius 3 is 2.57 bits per heavy atom. The zero-order valence-electron chi connectivity index (χ0n) is 18.2. The zero-order chi connectivity index (χ0) is 20.9. The number of likely N-dealkylation sites (tertiary alicyclic amines) is 1. The van der Waals surface area contributed by atoms with Gasteiger partial charge in [0, 0.05) is 37.4 Å². The van der Waals surface area contributed by atoms with Crippen molar-refractivity contribution in [2.45, 2.75) is 46.1 Å². The summed E-state index contributed by atoms with van der Waals surface area (Å²) in [5.74, 6) is 1.68. The second kappa shape index (κ2) is 9.39. The minimum absolute atomic E-state index is 0.355. The van der Waals surface area contributed by atoms with Crippen LogP contribution >= 0.6 is 0 Å². The molecular weight excluding hydrogens is 374 g/mol. The number of aryl methyl sites for hydroxylation is 1. The van der Waals surface area contributed by atoms with E-state index in [1.165, 1.54) is 16.8 Å². The molecule has 30 heavy (non-hydrogen) atoms. The summed E-state index contributed by atoms with van der Waals surface area (Å²) in [6, 6.07) is 12.6. The molecule has 0 spiro atoms. The van der Waals surface area contributed by atoms with Crippen molar-refractivity contribution in [3.63, 3.8) is 0 Å². The largest absolute Gasteiger partial charge is 0.372 e. The molecule has 1 aromatic carbocycles. The van der Waals surface area contributed by atoms with Crippen LogP contribution in [0.15, 0.2) is 47.1 Å². The molecule has 6 heteroatoms. The lowest BCUT2D eigenvalue weighted by atomic mass is 9.95. The number of anilines is 1. The summed E-state index contributed by atoms with van der Waals surface area (Å²) < 4.78 is 5.45. The molecule has 6 nitrogen and oxygen atoms in total. The SMILES string of the molecule is CCN(CC)c1ccc(CN2CCC(c3noc(-c4ccccn4)n3)CC2)c(C)c1. The van der Waals surface area contributed by atoms with Crippen LogP contribution in [0.5, 0.6) is 0 Å². The fourth-order valence-corrected chi connectivity index (χ4v) is 4.23. The Labute approximate surface area is 178 Å². The van der Waals surface area contributed by atoms with E-state index in [-0.39, 0.29) is 0 Å². The van der Waals surface area contributed by atoms with E-state index in [1.54, 1.807) is 6.20 Å². The molecule has 0 radical (unpaired) electrons. The van der Waals surface area contributed by atoms with Crippen LogP contribution in [-0.2, 0) is 6.54 Å². The van der Waals surface area contributed by atoms with Gasteiger partial charge in [0.05, 0.1) is 0 Å². The lowest BCUT2D eigenvalue weighted by Crippen LogP contribution is -2.33. The van der Waals surface area contributed by atoms with Gasteiger partial charge in [0.25, 0.3) is 5.89 Å². The zero-order valence-corrected chi connectivity index (χ0v) is 18.2. The van der Waals surface area contributed by atoms with Crippen LogP contribution in [0, 0.1) is 6.92 Å². The number of piperidine rings is 1. The second-order valence-electron chi connectivity index (χ2n) is 8.01. The molecule has 0 aliphatic carbocycles. The van der Waals surface area contributed by atoms with Gasteiger partial charge < -0.3 is 9.42 Å². The van der Waals surface area contributed by atoms with Crippen LogP contribution in [0.3, 0.4) is 0 Å². The summed E-state index contributed by atoms with van der Waals surface area (Å²) >= 11 is 0. The van der Waals surface area contributed by atoms with Crippen molar-refractivity contribution >= 4 is 5.69 Å². The Morgan fingerprint density at radius 2 is 1.90 bits per heavy atom. The Balaban J connectivity index is 1.35. The highest BCUT2D eigenvalue weighted by atomic mass is 16.5. The van der Waals surface area contributed by atoms with Gasteiger partial charge in [0.2, 0.25) is 0 Å². The molecule has 2 aromatic heterocycles. The van der Waals surface area contributed by atoms with E-state index >= 15 is 0 Å². The first kappa shape index (κ1) is 20.5. The molecule has 158 valence electrons. The van der Waals surface area contributed by atoms with Crippen molar-refractivity contribution in [2.24, 2.45) is 0 Å². The predicted octanol–water partition coefficient (Wildman–Crippen LogP) is 4.67. The van der Waals surface area contributed by atoms with E-state index in [9.17, 15) is 0 Å². The van der Waals surface area contributed by atoms with Crippen molar-refractivity contribution in [1.82, 2.24) is 20.0 Å². The third-order valence-corrected chi connectivity index (χ3v) is 6.13. The van der Waals surface area contributed by atoms with Gasteiger partial charge >= 0.3 is 0 Å². The number of hydrogen-bond donors (Lipinski definition) is 0. The number of rotatable bonds is 7. The first-order valence-electron chi connectivity index (χ1n) is 11.0. The third kappa shape index (κ3) is 4.54. The number of aromatic nitrogens is 3. The molecule has 1 aliphatic rings. The molecule has 4 rings (SSSR count). The van der Waals surface area contributed by atoms with Crippen molar-refractivity contribution in [3.05, 3.63) is 59.5 Å². The Kier molecular flexibility index (Phi) is 6.43. The minimum atomic E-state index is 0.355. The van der Waals surface area contributed by atoms with Crippen molar-refractivity contribution in [3.8, 4) is 11.6 Å². The fraction of sp³-hybridized carbons (Fsp3) is 0.458. The van der Waals surface area contributed by atoms with E-state index < -0.39 is 0 Å². The standard InChI is InChI=1S/C24H31N5O/c1-4-29(5-2)21-10-9-20(18(3)16-21)17-28-14-11-19(12-15-28)23-26-24(30-27-23)22-8-6-7-13-25-22/h6-10,13,16,19H,4-5,11-12,14-15,17H2,1-3H3. The summed E-state index contributed by atoms with van der Waals surface area (Å²) in [7, 11) is 0. The molecule has 0 atom stereocenters. The number of pyridine rings is 1. The third-order valence-electron chi connectivity index (χ3n) is 6.13. The first-order valence-corrected chi connectivity index (χ1v) is 11.0. The Morgan fingerprint density at radius 1 is 1.10 bits per heavy atom. The lowest BCUT2D eigenvalue weighted by molar-refractivity contribution is 0.200. The van der Waals surface area contributed by atoms with Crippen LogP contribution in [0.2, 0.25) is 0 Å². The van der Waals surface area contributed by atoms with E-state index in [1.807, 2.05) is 18.2 Å². The van der Waals surface area contributed by atoms with E-state index in [4.69, 9.17) is 4.52 Å². The average Bonchev–Trinajstić information content (AvgIpc) is 3.28. The van der Waals surface area contributed by atoms with Crippen LogP contribution in [0.25, 0.3) is 11.6 Å². The highest BCUT2D eigenvalue weighted by molar-refractivity contribution is 5.50. The lowest BCUT2D eigenvalue weighted by Gasteiger charge is -2.31. The molecule has 1 saturated heterocycles. The van der Waals surface area contributed by atoms with Gasteiger partial charge in [-0.3, -0.25) is 9.88 Å². The van der Waals surface area contributed by atoms with E-state index in [2.05, 4.69) is 63.9 Å². The molecule has 3 aromatic rings. The minimum Gasteiger partial charge on any atom is -0.372 e. The van der Waals surface area contributed by atoms with E-state index in [0.29, 0.717) is 11.8 Å². The number of nitrogens with zero attached hydrogens (tertiary/aromatic N) is 5. The summed E-state index contributed by atoms with van der Waals surface area (Å²) in [5, 5.41) is 4.23. The van der Waals surface area contributed by atoms with Gasteiger partial charge in [-0.05, 0) is 82.1 Å². The maximum atomic E-state index is 5.45. The smallest absolute Gasteiger partial charge is 0.276 e. The van der Waals surface area contributed by atoms with Crippen molar-refractivity contribution in [1.29, 1.82) is 0 Å². The number of benzene rings is 1. The van der Waals surface area contributed by atoms with Crippen molar-refractivity contribution in [2.75, 3.05) is 31.1 Å². The van der Waals surface area contributed by atoms with Gasteiger partial charge in [-0.1, -0.05) is 17.3 Å². The maximum absolute atomic E-state index is 5.45. The Hall–Kier alpha value is -2.73. The van der Waals surface area contributed by atoms with Gasteiger partial charge in [-0.25, -0.2) is 0 Å². The second-order valence-corrected chi connectivity index (χ2v) is 8.01. The molecule has 3 heterocycles. The number of hydrogen-bond acceptors (Lipinski definition) is 6. The highest BCUT2D eigenvalue weighted by Crippen LogP contribution is 2.29. The maximum Gasteiger partial charge on any atom is 0.276 e. The molecule has 1 fully saturated rings. The average molecular weight is 406 g/mol. The van der Waals surface area contributed by atoms with Crippen LogP contribution in [-0.4, -0.2) is 46.2 Å². The van der Waals surface area contributed by atoms with Crippen LogP contribution < -0.4 is 4.90 Å². The molecule has 0 bridgehead atoms. The normalized spacial score (nSPS) is 15.4. The van der Waals surface area contributed by atoms with Crippen molar-refractivity contribution < 1.29 is 4.52 Å². The molecular formula is C24H31N5O. The van der Waals surface area contributed by atoms with Crippen LogP contribution in [0.1, 0.15) is 49.6 Å². The van der Waals surface area contributed by atoms with Crippen LogP contribution in [0.4, 0.5) is 5.69 Å². The summed E-state index contributed by atoms with van der Waals surface area (Å²) in [6.07, 6.45) is 3.85. The molecule has 0 unspecified atom stereocenters. The van der Waals surface area contributed by atoms with Gasteiger partial charge in [-0.15, -0.1) is 0 Å².